The van der Waals surface area contributed by atoms with Crippen LogP contribution in [0.4, 0.5) is 10.1 Å². The first-order chi connectivity index (χ1) is 9.31. The molecule has 1 fully saturated rings. The minimum absolute atomic E-state index is 0.229. The fourth-order valence-corrected chi connectivity index (χ4v) is 3.96. The second-order valence-electron chi connectivity index (χ2n) is 6.08. The molecule has 1 aliphatic carbocycles. The average Bonchev–Trinajstić information content (AvgIpc) is 2.94. The largest absolute Gasteiger partial charge is 0.384 e. The third-order valence-corrected chi connectivity index (χ3v) is 5.04. The lowest BCUT2D eigenvalue weighted by atomic mass is 9.74. The smallest absolute Gasteiger partial charge is 0.130 e. The highest BCUT2D eigenvalue weighted by molar-refractivity contribution is 5.62. The molecular formula is C17H24FN. The van der Waals surface area contributed by atoms with Gasteiger partial charge in [-0.15, -0.1) is 0 Å². The first kappa shape index (κ1) is 13.0. The van der Waals surface area contributed by atoms with Crippen molar-refractivity contribution in [2.45, 2.75) is 51.6 Å². The van der Waals surface area contributed by atoms with Gasteiger partial charge in [0.05, 0.1) is 0 Å². The van der Waals surface area contributed by atoms with Gasteiger partial charge in [-0.25, -0.2) is 4.39 Å². The summed E-state index contributed by atoms with van der Waals surface area (Å²) >= 11 is 0. The van der Waals surface area contributed by atoms with E-state index in [1.165, 1.54) is 24.8 Å². The minimum Gasteiger partial charge on any atom is -0.384 e. The van der Waals surface area contributed by atoms with Crippen molar-refractivity contribution in [3.05, 3.63) is 29.3 Å². The number of hydrogen-bond donors (Lipinski definition) is 1. The summed E-state index contributed by atoms with van der Waals surface area (Å²) in [6, 6.07) is 6.14. The second kappa shape index (κ2) is 5.52. The first-order valence-electron chi connectivity index (χ1n) is 7.81. The minimum atomic E-state index is -0.786. The van der Waals surface area contributed by atoms with Gasteiger partial charge in [-0.05, 0) is 30.2 Å². The number of rotatable bonds is 3. The number of anilines is 1. The molecule has 2 aliphatic rings. The Bertz CT molecular complexity index is 443. The zero-order chi connectivity index (χ0) is 13.2. The summed E-state index contributed by atoms with van der Waals surface area (Å²) in [6.07, 6.45) is 6.13. The maximum Gasteiger partial charge on any atom is 0.130 e. The highest BCUT2D eigenvalue weighted by Gasteiger charge is 2.33. The molecule has 19 heavy (non-hydrogen) atoms. The Morgan fingerprint density at radius 1 is 1.32 bits per heavy atom. The Kier molecular flexibility index (Phi) is 3.76. The van der Waals surface area contributed by atoms with Crippen LogP contribution in [0.15, 0.2) is 18.2 Å². The van der Waals surface area contributed by atoms with E-state index in [4.69, 9.17) is 0 Å². The van der Waals surface area contributed by atoms with Crippen LogP contribution in [0.2, 0.25) is 0 Å². The SMILES string of the molecule is CCC1CCCCC1C(F)c1cccc2c1NCC2. The van der Waals surface area contributed by atoms with Gasteiger partial charge in [0.15, 0.2) is 0 Å². The van der Waals surface area contributed by atoms with Crippen molar-refractivity contribution < 1.29 is 4.39 Å². The van der Waals surface area contributed by atoms with Gasteiger partial charge in [-0.2, -0.15) is 0 Å². The van der Waals surface area contributed by atoms with Crippen molar-refractivity contribution >= 4 is 5.69 Å². The maximum atomic E-state index is 15.1. The van der Waals surface area contributed by atoms with Crippen LogP contribution < -0.4 is 5.32 Å². The summed E-state index contributed by atoms with van der Waals surface area (Å²) in [5.74, 6) is 0.800. The Balaban J connectivity index is 1.87. The maximum absolute atomic E-state index is 15.1. The molecule has 3 rings (SSSR count). The molecule has 0 spiro atoms. The lowest BCUT2D eigenvalue weighted by molar-refractivity contribution is 0.117. The van der Waals surface area contributed by atoms with Gasteiger partial charge in [0.2, 0.25) is 0 Å². The van der Waals surface area contributed by atoms with Crippen LogP contribution >= 0.6 is 0 Å². The molecule has 0 radical (unpaired) electrons. The van der Waals surface area contributed by atoms with Crippen molar-refractivity contribution in [2.75, 3.05) is 11.9 Å². The Hall–Kier alpha value is -1.05. The zero-order valence-corrected chi connectivity index (χ0v) is 11.8. The van der Waals surface area contributed by atoms with E-state index in [1.54, 1.807) is 0 Å². The normalized spacial score (nSPS) is 27.7. The van der Waals surface area contributed by atoms with E-state index in [0.717, 1.165) is 37.1 Å². The molecule has 1 aromatic carbocycles. The van der Waals surface area contributed by atoms with Gasteiger partial charge < -0.3 is 5.32 Å². The highest BCUT2D eigenvalue weighted by Crippen LogP contribution is 2.45. The second-order valence-corrected chi connectivity index (χ2v) is 6.08. The molecule has 0 amide bonds. The summed E-state index contributed by atoms with van der Waals surface area (Å²) in [4.78, 5) is 0. The molecule has 1 nitrogen and oxygen atoms in total. The van der Waals surface area contributed by atoms with Crippen LogP contribution in [0.3, 0.4) is 0 Å². The molecule has 1 N–H and O–H groups in total. The Labute approximate surface area is 115 Å². The Morgan fingerprint density at radius 2 is 2.16 bits per heavy atom. The molecule has 3 unspecified atom stereocenters. The molecule has 0 bridgehead atoms. The number of alkyl halides is 1. The topological polar surface area (TPSA) is 12.0 Å². The quantitative estimate of drug-likeness (QED) is 0.817. The molecule has 0 aromatic heterocycles. The van der Waals surface area contributed by atoms with Crippen LogP contribution in [0.5, 0.6) is 0 Å². The number of fused-ring (bicyclic) bond motifs is 1. The molecule has 1 aromatic rings. The standard InChI is InChI=1S/C17H24FN/c1-2-12-6-3-4-8-14(12)16(18)15-9-5-7-13-10-11-19-17(13)15/h5,7,9,12,14,16,19H,2-4,6,8,10-11H2,1H3. The van der Waals surface area contributed by atoms with Crippen molar-refractivity contribution in [2.24, 2.45) is 11.8 Å². The van der Waals surface area contributed by atoms with Gasteiger partial charge in [0.1, 0.15) is 6.17 Å². The van der Waals surface area contributed by atoms with Crippen molar-refractivity contribution in [1.82, 2.24) is 0 Å². The fraction of sp³-hybridized carbons (Fsp3) is 0.647. The van der Waals surface area contributed by atoms with Crippen LogP contribution in [0, 0.1) is 11.8 Å². The predicted octanol–water partition coefficient (Wildman–Crippen LogP) is 4.88. The van der Waals surface area contributed by atoms with E-state index in [2.05, 4.69) is 18.3 Å². The molecule has 1 heterocycles. The number of para-hydroxylation sites is 1. The average molecular weight is 261 g/mol. The molecule has 104 valence electrons. The molecule has 2 heteroatoms. The molecule has 3 atom stereocenters. The monoisotopic (exact) mass is 261 g/mol. The molecule has 1 aliphatic heterocycles. The van der Waals surface area contributed by atoms with Gasteiger partial charge in [0, 0.05) is 17.8 Å². The summed E-state index contributed by atoms with van der Waals surface area (Å²) in [6.45, 7) is 3.17. The van der Waals surface area contributed by atoms with Crippen molar-refractivity contribution in [3.8, 4) is 0 Å². The molecular weight excluding hydrogens is 237 g/mol. The summed E-state index contributed by atoms with van der Waals surface area (Å²) in [7, 11) is 0. The fourth-order valence-electron chi connectivity index (χ4n) is 3.96. The zero-order valence-electron chi connectivity index (χ0n) is 11.8. The number of halogens is 1. The van der Waals surface area contributed by atoms with E-state index in [0.29, 0.717) is 5.92 Å². The van der Waals surface area contributed by atoms with Gasteiger partial charge >= 0.3 is 0 Å². The van der Waals surface area contributed by atoms with Crippen LogP contribution in [0.25, 0.3) is 0 Å². The molecule has 1 saturated carbocycles. The summed E-state index contributed by atoms with van der Waals surface area (Å²) < 4.78 is 15.1. The summed E-state index contributed by atoms with van der Waals surface area (Å²) in [5.41, 5.74) is 3.31. The third-order valence-electron chi connectivity index (χ3n) is 5.04. The molecule has 0 saturated heterocycles. The number of benzene rings is 1. The van der Waals surface area contributed by atoms with Gasteiger partial charge in [-0.3, -0.25) is 0 Å². The number of hydrogen-bond acceptors (Lipinski definition) is 1. The lowest BCUT2D eigenvalue weighted by Crippen LogP contribution is -2.23. The van der Waals surface area contributed by atoms with Gasteiger partial charge in [-0.1, -0.05) is 50.8 Å². The van der Waals surface area contributed by atoms with Crippen molar-refractivity contribution in [1.29, 1.82) is 0 Å². The third kappa shape index (κ3) is 2.37. The summed E-state index contributed by atoms with van der Waals surface area (Å²) in [5, 5.41) is 3.38. The first-order valence-corrected chi connectivity index (χ1v) is 7.81. The van der Waals surface area contributed by atoms with Gasteiger partial charge in [0.25, 0.3) is 0 Å². The van der Waals surface area contributed by atoms with E-state index < -0.39 is 6.17 Å². The van der Waals surface area contributed by atoms with E-state index in [1.807, 2.05) is 12.1 Å². The van der Waals surface area contributed by atoms with Crippen LogP contribution in [-0.2, 0) is 6.42 Å². The predicted molar refractivity (Wildman–Crippen MR) is 78.2 cm³/mol. The number of nitrogens with one attached hydrogen (secondary N) is 1. The van der Waals surface area contributed by atoms with Crippen LogP contribution in [-0.4, -0.2) is 6.54 Å². The van der Waals surface area contributed by atoms with Crippen molar-refractivity contribution in [3.63, 3.8) is 0 Å². The van der Waals surface area contributed by atoms with E-state index >= 15 is 4.39 Å². The van der Waals surface area contributed by atoms with E-state index in [9.17, 15) is 0 Å². The lowest BCUT2D eigenvalue weighted by Gasteiger charge is -2.34. The van der Waals surface area contributed by atoms with E-state index in [-0.39, 0.29) is 5.92 Å². The Morgan fingerprint density at radius 3 is 3.00 bits per heavy atom. The highest BCUT2D eigenvalue weighted by atomic mass is 19.1. The van der Waals surface area contributed by atoms with Crippen LogP contribution in [0.1, 0.15) is 56.3 Å².